The first kappa shape index (κ1) is 34.9. The van der Waals surface area contributed by atoms with Crippen LogP contribution in [0.2, 0.25) is 5.02 Å². The van der Waals surface area contributed by atoms with Gasteiger partial charge in [-0.25, -0.2) is 35.9 Å². The van der Waals surface area contributed by atoms with Crippen LogP contribution in [0.5, 0.6) is 0 Å². The number of nitrogens with one attached hydrogen (secondary N) is 3. The summed E-state index contributed by atoms with van der Waals surface area (Å²) in [6, 6.07) is 16.2. The van der Waals surface area contributed by atoms with Gasteiger partial charge in [0.1, 0.15) is 6.04 Å². The van der Waals surface area contributed by atoms with Gasteiger partial charge in [0.05, 0.1) is 24.0 Å². The third kappa shape index (κ3) is 9.47. The van der Waals surface area contributed by atoms with Crippen LogP contribution in [0, 0.1) is 0 Å². The number of fused-ring (bicyclic) bond motifs is 1. The molecular formula is C28H32ClN5O9S2. The second-order valence-corrected chi connectivity index (χ2v) is 13.3. The Morgan fingerprint density at radius 1 is 0.844 bits per heavy atom. The van der Waals surface area contributed by atoms with Crippen molar-refractivity contribution in [2.24, 2.45) is 0 Å². The SMILES string of the molecule is COC(=O)NS(=O)(=O)c1ccc(N)cc1.COC(=O)NS(=O)(=O)c1ccc(NC(=O)[C@@H](C)N2CCCc3cc(Cl)ccc32)cc1. The summed E-state index contributed by atoms with van der Waals surface area (Å²) in [4.78, 5) is 36.5. The molecule has 3 aromatic rings. The number of rotatable bonds is 7. The fraction of sp³-hybridized carbons (Fsp3) is 0.250. The molecule has 5 N–H and O–H groups in total. The van der Waals surface area contributed by atoms with Crippen LogP contribution in [-0.4, -0.2) is 61.7 Å². The zero-order valence-corrected chi connectivity index (χ0v) is 26.8. The minimum Gasteiger partial charge on any atom is -0.452 e. The fourth-order valence-electron chi connectivity index (χ4n) is 4.17. The van der Waals surface area contributed by atoms with Gasteiger partial charge in [0.25, 0.3) is 20.0 Å². The number of ether oxygens (including phenoxy) is 2. The monoisotopic (exact) mass is 681 g/mol. The molecule has 3 amide bonds. The van der Waals surface area contributed by atoms with Gasteiger partial charge >= 0.3 is 12.2 Å². The lowest BCUT2D eigenvalue weighted by Gasteiger charge is -2.35. The maximum absolute atomic E-state index is 12.8. The largest absolute Gasteiger partial charge is 0.452 e. The number of anilines is 3. The Kier molecular flexibility index (Phi) is 11.6. The Balaban J connectivity index is 0.000000309. The van der Waals surface area contributed by atoms with E-state index in [1.807, 2.05) is 30.0 Å². The van der Waals surface area contributed by atoms with Crippen LogP contribution >= 0.6 is 11.6 Å². The number of nitrogens with two attached hydrogens (primary N) is 1. The molecule has 14 nitrogen and oxygen atoms in total. The topological polar surface area (TPSA) is 203 Å². The van der Waals surface area contributed by atoms with Crippen molar-refractivity contribution in [1.29, 1.82) is 0 Å². The molecule has 242 valence electrons. The number of aryl methyl sites for hydroxylation is 1. The molecule has 0 bridgehead atoms. The summed E-state index contributed by atoms with van der Waals surface area (Å²) in [6.07, 6.45) is -0.280. The third-order valence-electron chi connectivity index (χ3n) is 6.47. The van der Waals surface area contributed by atoms with Crippen molar-refractivity contribution in [2.75, 3.05) is 36.7 Å². The van der Waals surface area contributed by atoms with Crippen LogP contribution in [-0.2, 0) is 40.7 Å². The molecule has 0 fully saturated rings. The molecule has 4 rings (SSSR count). The molecule has 3 aromatic carbocycles. The Labute approximate surface area is 265 Å². The van der Waals surface area contributed by atoms with E-state index in [2.05, 4.69) is 14.8 Å². The van der Waals surface area contributed by atoms with E-state index in [4.69, 9.17) is 17.3 Å². The Morgan fingerprint density at radius 3 is 1.87 bits per heavy atom. The van der Waals surface area contributed by atoms with E-state index in [1.54, 1.807) is 9.44 Å². The van der Waals surface area contributed by atoms with Gasteiger partial charge in [0.2, 0.25) is 5.91 Å². The lowest BCUT2D eigenvalue weighted by Crippen LogP contribution is -2.44. The van der Waals surface area contributed by atoms with Crippen molar-refractivity contribution >= 4 is 66.8 Å². The lowest BCUT2D eigenvalue weighted by atomic mass is 10.00. The van der Waals surface area contributed by atoms with Gasteiger partial charge in [-0.2, -0.15) is 0 Å². The molecule has 1 aliphatic rings. The molecule has 17 heteroatoms. The minimum absolute atomic E-state index is 0.0536. The van der Waals surface area contributed by atoms with Crippen LogP contribution in [0.1, 0.15) is 18.9 Å². The van der Waals surface area contributed by atoms with Crippen LogP contribution in [0.25, 0.3) is 0 Å². The van der Waals surface area contributed by atoms with Gasteiger partial charge in [0.15, 0.2) is 0 Å². The number of amides is 3. The number of benzene rings is 3. The first-order valence-electron chi connectivity index (χ1n) is 13.2. The number of carbonyl (C=O) groups is 3. The molecule has 0 saturated carbocycles. The number of carbonyl (C=O) groups excluding carboxylic acids is 3. The number of halogens is 1. The van der Waals surface area contributed by atoms with Gasteiger partial charge in [-0.3, -0.25) is 4.79 Å². The van der Waals surface area contributed by atoms with E-state index < -0.39 is 38.3 Å². The molecular weight excluding hydrogens is 650 g/mol. The molecule has 0 spiro atoms. The predicted octanol–water partition coefficient (Wildman–Crippen LogP) is 3.48. The zero-order chi connectivity index (χ0) is 33.4. The van der Waals surface area contributed by atoms with Crippen molar-refractivity contribution in [3.05, 3.63) is 77.3 Å². The summed E-state index contributed by atoms with van der Waals surface area (Å²) in [6.45, 7) is 2.57. The fourth-order valence-corrected chi connectivity index (χ4v) is 6.20. The van der Waals surface area contributed by atoms with Crippen LogP contribution in [0.4, 0.5) is 26.7 Å². The van der Waals surface area contributed by atoms with Gasteiger partial charge in [-0.1, -0.05) is 11.6 Å². The number of nitrogens with zero attached hydrogens (tertiary/aromatic N) is 1. The van der Waals surface area contributed by atoms with E-state index in [9.17, 15) is 31.2 Å². The summed E-state index contributed by atoms with van der Waals surface area (Å²) in [5.74, 6) is -0.221. The first-order valence-corrected chi connectivity index (χ1v) is 16.5. The highest BCUT2D eigenvalue weighted by Crippen LogP contribution is 2.31. The molecule has 45 heavy (non-hydrogen) atoms. The number of hydrogen-bond acceptors (Lipinski definition) is 11. The average molecular weight is 682 g/mol. The third-order valence-corrected chi connectivity index (χ3v) is 9.36. The van der Waals surface area contributed by atoms with Gasteiger partial charge in [-0.15, -0.1) is 0 Å². The molecule has 0 aliphatic carbocycles. The van der Waals surface area contributed by atoms with Crippen molar-refractivity contribution in [2.45, 2.75) is 35.6 Å². The second kappa shape index (κ2) is 15.0. The second-order valence-electron chi connectivity index (χ2n) is 9.52. The lowest BCUT2D eigenvalue weighted by molar-refractivity contribution is -0.117. The molecule has 1 aliphatic heterocycles. The van der Waals surface area contributed by atoms with E-state index in [0.29, 0.717) is 16.4 Å². The highest BCUT2D eigenvalue weighted by Gasteiger charge is 2.26. The first-order chi connectivity index (χ1) is 21.2. The molecule has 1 heterocycles. The number of methoxy groups -OCH3 is 2. The smallest absolute Gasteiger partial charge is 0.420 e. The van der Waals surface area contributed by atoms with Crippen molar-refractivity contribution in [3.8, 4) is 0 Å². The summed E-state index contributed by atoms with van der Waals surface area (Å²) in [5, 5.41) is 3.47. The van der Waals surface area contributed by atoms with E-state index in [-0.39, 0.29) is 15.7 Å². The van der Waals surface area contributed by atoms with Crippen molar-refractivity contribution in [1.82, 2.24) is 9.44 Å². The predicted molar refractivity (Wildman–Crippen MR) is 168 cm³/mol. The van der Waals surface area contributed by atoms with Gasteiger partial charge in [0, 0.05) is 28.6 Å². The van der Waals surface area contributed by atoms with E-state index in [1.165, 1.54) is 48.5 Å². The summed E-state index contributed by atoms with van der Waals surface area (Å²) in [5.41, 5.74) is 8.37. The number of hydrogen-bond donors (Lipinski definition) is 4. The van der Waals surface area contributed by atoms with E-state index in [0.717, 1.165) is 44.9 Å². The Hall–Kier alpha value is -4.54. The van der Waals surface area contributed by atoms with Crippen LogP contribution < -0.4 is 25.4 Å². The van der Waals surface area contributed by atoms with Gasteiger partial charge in [-0.05, 0) is 92.1 Å². The maximum Gasteiger partial charge on any atom is 0.420 e. The molecule has 1 atom stereocenters. The zero-order valence-electron chi connectivity index (χ0n) is 24.4. The normalized spacial score (nSPS) is 13.2. The Morgan fingerprint density at radius 2 is 1.36 bits per heavy atom. The van der Waals surface area contributed by atoms with Crippen molar-refractivity contribution < 1.29 is 40.7 Å². The summed E-state index contributed by atoms with van der Waals surface area (Å²) < 4.78 is 59.0. The highest BCUT2D eigenvalue weighted by molar-refractivity contribution is 7.90. The summed E-state index contributed by atoms with van der Waals surface area (Å²) in [7, 11) is -5.77. The summed E-state index contributed by atoms with van der Waals surface area (Å²) >= 11 is 6.08. The minimum atomic E-state index is -4.04. The molecule has 0 unspecified atom stereocenters. The van der Waals surface area contributed by atoms with E-state index >= 15 is 0 Å². The quantitative estimate of drug-likeness (QED) is 0.266. The highest BCUT2D eigenvalue weighted by atomic mass is 35.5. The molecule has 0 aromatic heterocycles. The number of sulfonamides is 2. The van der Waals surface area contributed by atoms with Crippen LogP contribution in [0.3, 0.4) is 0 Å². The molecule has 0 radical (unpaired) electrons. The number of nitrogen functional groups attached to an aromatic ring is 1. The average Bonchev–Trinajstić information content (AvgIpc) is 3.00. The Bertz CT molecular complexity index is 1750. The van der Waals surface area contributed by atoms with Crippen LogP contribution in [0.15, 0.2) is 76.5 Å². The van der Waals surface area contributed by atoms with Crippen molar-refractivity contribution in [3.63, 3.8) is 0 Å². The maximum atomic E-state index is 12.8. The van der Waals surface area contributed by atoms with Gasteiger partial charge < -0.3 is 25.4 Å². The molecule has 0 saturated heterocycles. The standard InChI is InChI=1S/C20H22ClN3O5S.C8H10N2O4S/c1-13(24-11-3-4-14-12-15(21)5-10-18(14)24)19(25)22-16-6-8-17(9-7-16)30(27,28)23-20(26)29-2;1-14-8(11)10-15(12,13)7-4-2-6(9)3-5-7/h5-10,12-13H,3-4,11H2,1-2H3,(H,22,25)(H,23,26);2-5H,9H2,1H3,(H,10,11)/t13-;/m1./s1.